The lowest BCUT2D eigenvalue weighted by Crippen LogP contribution is -2.25. The Morgan fingerprint density at radius 2 is 1.86 bits per heavy atom. The molecule has 4 rings (SSSR count). The molecule has 0 fully saturated rings. The standard InChI is InChI=1S/C24H24FN7O2S3/c1-4-35-24-31-29-22(37-24)27-20(33)13-36-23-30-28-19(32(23)18-10-5-7-14(2)15(18)3)12-26-21(34)16-8-6-9-17(25)11-16/h5-11H,4,12-13H2,1-3H3,(H,26,34)(H,27,29,33). The van der Waals surface area contributed by atoms with Gasteiger partial charge in [-0.05, 0) is 55.0 Å². The predicted molar refractivity (Wildman–Crippen MR) is 144 cm³/mol. The molecule has 0 radical (unpaired) electrons. The Balaban J connectivity index is 1.52. The van der Waals surface area contributed by atoms with Gasteiger partial charge in [0.05, 0.1) is 18.0 Å². The van der Waals surface area contributed by atoms with E-state index in [2.05, 4.69) is 31.0 Å². The SMILES string of the molecule is CCSc1nnc(NC(=O)CSc2nnc(CNC(=O)c3cccc(F)c3)n2-c2cccc(C)c2C)s1. The molecule has 0 aliphatic heterocycles. The molecule has 2 aromatic heterocycles. The van der Waals surface area contributed by atoms with Crippen molar-refractivity contribution in [3.05, 3.63) is 70.8 Å². The Morgan fingerprint density at radius 1 is 1.05 bits per heavy atom. The summed E-state index contributed by atoms with van der Waals surface area (Å²) in [5, 5.41) is 23.1. The zero-order chi connectivity index (χ0) is 26.4. The van der Waals surface area contributed by atoms with Crippen LogP contribution in [-0.4, -0.2) is 48.3 Å². The van der Waals surface area contributed by atoms with E-state index in [1.54, 1.807) is 11.8 Å². The van der Waals surface area contributed by atoms with Gasteiger partial charge >= 0.3 is 0 Å². The maximum absolute atomic E-state index is 13.5. The minimum absolute atomic E-state index is 0.0607. The van der Waals surface area contributed by atoms with Crippen molar-refractivity contribution in [3.8, 4) is 5.69 Å². The van der Waals surface area contributed by atoms with Crippen LogP contribution in [0.2, 0.25) is 0 Å². The Bertz CT molecular complexity index is 1420. The van der Waals surface area contributed by atoms with Gasteiger partial charge in [0.25, 0.3) is 5.91 Å². The third kappa shape index (κ3) is 6.73. The first-order chi connectivity index (χ1) is 17.9. The van der Waals surface area contributed by atoms with Gasteiger partial charge < -0.3 is 5.32 Å². The Kier molecular flexibility index (Phi) is 8.90. The number of benzene rings is 2. The number of carbonyl (C=O) groups excluding carboxylic acids is 2. The largest absolute Gasteiger partial charge is 0.345 e. The molecule has 0 aliphatic rings. The Labute approximate surface area is 225 Å². The highest BCUT2D eigenvalue weighted by Crippen LogP contribution is 2.27. The number of nitrogens with zero attached hydrogens (tertiary/aromatic N) is 5. The van der Waals surface area contributed by atoms with Crippen LogP contribution < -0.4 is 10.6 Å². The molecule has 2 aromatic carbocycles. The molecule has 37 heavy (non-hydrogen) atoms. The number of amides is 2. The molecule has 2 heterocycles. The van der Waals surface area contributed by atoms with Crippen LogP contribution in [0.4, 0.5) is 9.52 Å². The summed E-state index contributed by atoms with van der Waals surface area (Å²) >= 11 is 4.11. The molecule has 2 N–H and O–H groups in total. The number of rotatable bonds is 10. The molecular weight excluding hydrogens is 534 g/mol. The van der Waals surface area contributed by atoms with Gasteiger partial charge in [-0.15, -0.1) is 20.4 Å². The van der Waals surface area contributed by atoms with Gasteiger partial charge in [0.1, 0.15) is 5.82 Å². The maximum atomic E-state index is 13.5. The van der Waals surface area contributed by atoms with Gasteiger partial charge in [-0.1, -0.05) is 60.0 Å². The molecule has 0 saturated carbocycles. The van der Waals surface area contributed by atoms with Gasteiger partial charge in [0, 0.05) is 5.56 Å². The highest BCUT2D eigenvalue weighted by Gasteiger charge is 2.19. The lowest BCUT2D eigenvalue weighted by atomic mass is 10.1. The number of aromatic nitrogens is 5. The van der Waals surface area contributed by atoms with Crippen LogP contribution in [0.3, 0.4) is 0 Å². The fourth-order valence-corrected chi connectivity index (χ4v) is 5.78. The van der Waals surface area contributed by atoms with Crippen LogP contribution in [-0.2, 0) is 11.3 Å². The predicted octanol–water partition coefficient (Wildman–Crippen LogP) is 4.65. The average Bonchev–Trinajstić information content (AvgIpc) is 3.49. The van der Waals surface area contributed by atoms with Crippen LogP contribution in [0.15, 0.2) is 52.0 Å². The van der Waals surface area contributed by atoms with Crippen molar-refractivity contribution >= 4 is 51.8 Å². The molecule has 0 unspecified atom stereocenters. The fraction of sp³-hybridized carbons (Fsp3) is 0.250. The van der Waals surface area contributed by atoms with E-state index in [9.17, 15) is 14.0 Å². The summed E-state index contributed by atoms with van der Waals surface area (Å²) in [6.07, 6.45) is 0. The second-order valence-electron chi connectivity index (χ2n) is 7.79. The summed E-state index contributed by atoms with van der Waals surface area (Å²) in [5.41, 5.74) is 3.14. The van der Waals surface area contributed by atoms with E-state index in [1.807, 2.05) is 43.5 Å². The Morgan fingerprint density at radius 3 is 2.65 bits per heavy atom. The number of hydrogen-bond donors (Lipinski definition) is 2. The molecule has 192 valence electrons. The quantitative estimate of drug-likeness (QED) is 0.214. The third-order valence-electron chi connectivity index (χ3n) is 5.26. The van der Waals surface area contributed by atoms with E-state index in [4.69, 9.17) is 0 Å². The van der Waals surface area contributed by atoms with Crippen molar-refractivity contribution in [3.63, 3.8) is 0 Å². The minimum Gasteiger partial charge on any atom is -0.345 e. The average molecular weight is 558 g/mol. The van der Waals surface area contributed by atoms with Crippen LogP contribution in [0, 0.1) is 19.7 Å². The summed E-state index contributed by atoms with van der Waals surface area (Å²) in [4.78, 5) is 25.2. The van der Waals surface area contributed by atoms with E-state index in [1.165, 1.54) is 47.4 Å². The second-order valence-corrected chi connectivity index (χ2v) is 11.2. The highest BCUT2D eigenvalue weighted by molar-refractivity contribution is 8.01. The monoisotopic (exact) mass is 557 g/mol. The van der Waals surface area contributed by atoms with Crippen molar-refractivity contribution in [2.24, 2.45) is 0 Å². The molecule has 0 saturated heterocycles. The third-order valence-corrected chi connectivity index (χ3v) is 8.05. The van der Waals surface area contributed by atoms with Crippen molar-refractivity contribution < 1.29 is 14.0 Å². The summed E-state index contributed by atoms with van der Waals surface area (Å²) in [6.45, 7) is 6.07. The van der Waals surface area contributed by atoms with Gasteiger partial charge in [0.2, 0.25) is 11.0 Å². The molecule has 0 aliphatic carbocycles. The second kappa shape index (κ2) is 12.3. The smallest absolute Gasteiger partial charge is 0.251 e. The van der Waals surface area contributed by atoms with Crippen LogP contribution >= 0.6 is 34.9 Å². The summed E-state index contributed by atoms with van der Waals surface area (Å²) < 4.78 is 16.2. The Hall–Kier alpha value is -3.29. The number of carbonyl (C=O) groups is 2. The van der Waals surface area contributed by atoms with Crippen molar-refractivity contribution in [2.75, 3.05) is 16.8 Å². The molecule has 0 atom stereocenters. The van der Waals surface area contributed by atoms with Gasteiger partial charge in [0.15, 0.2) is 15.3 Å². The van der Waals surface area contributed by atoms with Crippen molar-refractivity contribution in [1.82, 2.24) is 30.3 Å². The number of nitrogens with one attached hydrogen (secondary N) is 2. The molecule has 9 nitrogen and oxygen atoms in total. The zero-order valence-corrected chi connectivity index (χ0v) is 22.8. The summed E-state index contributed by atoms with van der Waals surface area (Å²) in [7, 11) is 0. The van der Waals surface area contributed by atoms with Gasteiger partial charge in [-0.25, -0.2) is 4.39 Å². The summed E-state index contributed by atoms with van der Waals surface area (Å²) in [5.74, 6) is 0.266. The molecule has 4 aromatic rings. The van der Waals surface area contributed by atoms with E-state index in [0.29, 0.717) is 16.1 Å². The molecule has 0 spiro atoms. The van der Waals surface area contributed by atoms with Crippen LogP contribution in [0.5, 0.6) is 0 Å². The number of thioether (sulfide) groups is 2. The van der Waals surface area contributed by atoms with Crippen LogP contribution in [0.25, 0.3) is 5.69 Å². The molecule has 0 bridgehead atoms. The number of hydrogen-bond acceptors (Lipinski definition) is 9. The molecule has 2 amide bonds. The number of aryl methyl sites for hydroxylation is 1. The lowest BCUT2D eigenvalue weighted by molar-refractivity contribution is -0.113. The van der Waals surface area contributed by atoms with E-state index < -0.39 is 11.7 Å². The van der Waals surface area contributed by atoms with Gasteiger partial charge in [-0.3, -0.25) is 19.5 Å². The molecular formula is C24H24FN7O2S3. The van der Waals surface area contributed by atoms with Gasteiger partial charge in [-0.2, -0.15) is 0 Å². The van der Waals surface area contributed by atoms with E-state index in [0.717, 1.165) is 26.9 Å². The fourth-order valence-electron chi connectivity index (χ4n) is 3.35. The zero-order valence-electron chi connectivity index (χ0n) is 20.3. The topological polar surface area (TPSA) is 115 Å². The first-order valence-corrected chi connectivity index (χ1v) is 14.1. The minimum atomic E-state index is -0.489. The number of halogens is 1. The van der Waals surface area contributed by atoms with Crippen molar-refractivity contribution in [2.45, 2.75) is 36.8 Å². The van der Waals surface area contributed by atoms with Crippen molar-refractivity contribution in [1.29, 1.82) is 0 Å². The summed E-state index contributed by atoms with van der Waals surface area (Å²) in [6, 6.07) is 11.3. The normalized spacial score (nSPS) is 10.9. The van der Waals surface area contributed by atoms with E-state index >= 15 is 0 Å². The maximum Gasteiger partial charge on any atom is 0.251 e. The first kappa shape index (κ1) is 26.8. The highest BCUT2D eigenvalue weighted by atomic mass is 32.2. The van der Waals surface area contributed by atoms with E-state index in [-0.39, 0.29) is 23.8 Å². The number of anilines is 1. The first-order valence-electron chi connectivity index (χ1n) is 11.3. The lowest BCUT2D eigenvalue weighted by Gasteiger charge is -2.14. The van der Waals surface area contributed by atoms with Crippen LogP contribution in [0.1, 0.15) is 34.2 Å². The molecule has 13 heteroatoms.